The van der Waals surface area contributed by atoms with Gasteiger partial charge in [0.25, 0.3) is 0 Å². The van der Waals surface area contributed by atoms with Gasteiger partial charge in [0.2, 0.25) is 0 Å². The summed E-state index contributed by atoms with van der Waals surface area (Å²) in [6.07, 6.45) is 1.81. The molecule has 0 amide bonds. The number of hydrogen-bond acceptors (Lipinski definition) is 2. The van der Waals surface area contributed by atoms with Crippen molar-refractivity contribution in [2.24, 2.45) is 4.99 Å². The number of aliphatic imine (C=N–C) groups is 1. The molecular formula is C10H17NO3. The van der Waals surface area contributed by atoms with Gasteiger partial charge in [0.15, 0.2) is 0 Å². The fourth-order valence-electron chi connectivity index (χ4n) is 0.796. The molecule has 1 rings (SSSR count). The van der Waals surface area contributed by atoms with Crippen molar-refractivity contribution in [1.29, 1.82) is 0 Å². The second kappa shape index (κ2) is 7.06. The maximum Gasteiger partial charge on any atom is 0.115 e. The van der Waals surface area contributed by atoms with E-state index in [0.29, 0.717) is 6.04 Å². The molecular weight excluding hydrogens is 182 g/mol. The fraction of sp³-hybridized carbons (Fsp3) is 0.300. The summed E-state index contributed by atoms with van der Waals surface area (Å²) in [4.78, 5) is 4.22. The number of benzene rings is 1. The van der Waals surface area contributed by atoms with Crippen LogP contribution >= 0.6 is 0 Å². The third kappa shape index (κ3) is 5.29. The van der Waals surface area contributed by atoms with Crippen LogP contribution in [0.3, 0.4) is 0 Å². The zero-order valence-corrected chi connectivity index (χ0v) is 8.36. The molecule has 0 aliphatic carbocycles. The third-order valence-corrected chi connectivity index (χ3v) is 1.41. The van der Waals surface area contributed by atoms with E-state index in [0.717, 1.165) is 5.56 Å². The Bertz CT molecular complexity index is 267. The predicted molar refractivity (Wildman–Crippen MR) is 58.1 cm³/mol. The monoisotopic (exact) mass is 199 g/mol. The van der Waals surface area contributed by atoms with E-state index in [1.807, 2.05) is 32.2 Å². The van der Waals surface area contributed by atoms with E-state index in [1.54, 1.807) is 12.1 Å². The second-order valence-corrected chi connectivity index (χ2v) is 2.96. The summed E-state index contributed by atoms with van der Waals surface area (Å²) in [5.74, 6) is 0.289. The maximum atomic E-state index is 8.99. The average molecular weight is 199 g/mol. The van der Waals surface area contributed by atoms with Crippen LogP contribution in [-0.4, -0.2) is 28.3 Å². The van der Waals surface area contributed by atoms with Gasteiger partial charge in [-0.3, -0.25) is 4.99 Å². The molecule has 1 aromatic carbocycles. The van der Waals surface area contributed by atoms with Crippen molar-refractivity contribution in [2.45, 2.75) is 19.9 Å². The lowest BCUT2D eigenvalue weighted by Gasteiger charge is -1.95. The molecule has 80 valence electrons. The highest BCUT2D eigenvalue weighted by molar-refractivity contribution is 5.79. The molecule has 0 aliphatic heterocycles. The van der Waals surface area contributed by atoms with E-state index in [4.69, 9.17) is 5.11 Å². The van der Waals surface area contributed by atoms with Gasteiger partial charge in [-0.15, -0.1) is 0 Å². The van der Waals surface area contributed by atoms with Gasteiger partial charge in [-0.05, 0) is 43.7 Å². The van der Waals surface area contributed by atoms with Crippen molar-refractivity contribution in [3.63, 3.8) is 0 Å². The molecule has 0 unspecified atom stereocenters. The first-order valence-electron chi connectivity index (χ1n) is 4.00. The highest BCUT2D eigenvalue weighted by atomic mass is 16.3. The third-order valence-electron chi connectivity index (χ3n) is 1.41. The van der Waals surface area contributed by atoms with E-state index < -0.39 is 0 Å². The number of nitrogens with zero attached hydrogens (tertiary/aromatic N) is 1. The molecule has 0 aliphatic rings. The molecule has 0 atom stereocenters. The van der Waals surface area contributed by atoms with E-state index in [1.165, 1.54) is 0 Å². The lowest BCUT2D eigenvalue weighted by molar-refractivity contribution is 0.475. The molecule has 0 saturated heterocycles. The zero-order chi connectivity index (χ0) is 8.97. The van der Waals surface area contributed by atoms with Crippen LogP contribution in [0.2, 0.25) is 0 Å². The average Bonchev–Trinajstić information content (AvgIpc) is 2.03. The summed E-state index contributed by atoms with van der Waals surface area (Å²) in [7, 11) is 0. The Balaban J connectivity index is 0. The molecule has 0 radical (unpaired) electrons. The van der Waals surface area contributed by atoms with E-state index in [-0.39, 0.29) is 16.7 Å². The SMILES string of the molecule is CC(C)N=Cc1ccc(O)cc1.O.O. The lowest BCUT2D eigenvalue weighted by atomic mass is 10.2. The summed E-state index contributed by atoms with van der Waals surface area (Å²) in [5, 5.41) is 8.99. The summed E-state index contributed by atoms with van der Waals surface area (Å²) in [5.41, 5.74) is 1.02. The lowest BCUT2D eigenvalue weighted by Crippen LogP contribution is -1.89. The minimum absolute atomic E-state index is 0. The highest BCUT2D eigenvalue weighted by Crippen LogP contribution is 2.07. The van der Waals surface area contributed by atoms with Gasteiger partial charge in [0.05, 0.1) is 0 Å². The summed E-state index contributed by atoms with van der Waals surface area (Å²) >= 11 is 0. The van der Waals surface area contributed by atoms with Crippen LogP contribution in [0.1, 0.15) is 19.4 Å². The van der Waals surface area contributed by atoms with Crippen molar-refractivity contribution in [3.05, 3.63) is 29.8 Å². The van der Waals surface area contributed by atoms with E-state index in [2.05, 4.69) is 4.99 Å². The molecule has 0 spiro atoms. The van der Waals surface area contributed by atoms with Crippen LogP contribution in [-0.2, 0) is 0 Å². The number of aromatic hydroxyl groups is 1. The normalized spacial score (nSPS) is 9.64. The van der Waals surface area contributed by atoms with Gasteiger partial charge in [0, 0.05) is 12.3 Å². The van der Waals surface area contributed by atoms with Crippen molar-refractivity contribution in [3.8, 4) is 5.75 Å². The van der Waals surface area contributed by atoms with Crippen LogP contribution < -0.4 is 0 Å². The van der Waals surface area contributed by atoms with Gasteiger partial charge in [-0.25, -0.2) is 0 Å². The number of phenols is 1. The van der Waals surface area contributed by atoms with Crippen LogP contribution in [0.15, 0.2) is 29.3 Å². The second-order valence-electron chi connectivity index (χ2n) is 2.96. The van der Waals surface area contributed by atoms with Crippen LogP contribution in [0.4, 0.5) is 0 Å². The summed E-state index contributed by atoms with van der Waals surface area (Å²) < 4.78 is 0. The van der Waals surface area contributed by atoms with Crippen molar-refractivity contribution in [1.82, 2.24) is 0 Å². The predicted octanol–water partition coefficient (Wildman–Crippen LogP) is 0.570. The van der Waals surface area contributed by atoms with Crippen LogP contribution in [0.25, 0.3) is 0 Å². The van der Waals surface area contributed by atoms with Gasteiger partial charge in [-0.1, -0.05) is 0 Å². The molecule has 0 fully saturated rings. The summed E-state index contributed by atoms with van der Waals surface area (Å²) in [6.45, 7) is 4.05. The molecule has 0 heterocycles. The molecule has 1 aromatic rings. The van der Waals surface area contributed by atoms with Gasteiger partial charge >= 0.3 is 0 Å². The van der Waals surface area contributed by atoms with Crippen molar-refractivity contribution in [2.75, 3.05) is 0 Å². The first-order chi connectivity index (χ1) is 5.68. The Kier molecular flexibility index (Phi) is 7.61. The molecule has 4 heteroatoms. The molecule has 0 saturated carbocycles. The molecule has 0 aromatic heterocycles. The highest BCUT2D eigenvalue weighted by Gasteiger charge is 1.89. The smallest absolute Gasteiger partial charge is 0.115 e. The van der Waals surface area contributed by atoms with Gasteiger partial charge in [-0.2, -0.15) is 0 Å². The van der Waals surface area contributed by atoms with Gasteiger partial charge < -0.3 is 16.1 Å². The Morgan fingerprint density at radius 1 is 1.14 bits per heavy atom. The Morgan fingerprint density at radius 2 is 1.64 bits per heavy atom. The minimum atomic E-state index is 0. The molecule has 14 heavy (non-hydrogen) atoms. The zero-order valence-electron chi connectivity index (χ0n) is 8.36. The summed E-state index contributed by atoms with van der Waals surface area (Å²) in [6, 6.07) is 7.30. The Labute approximate surface area is 83.5 Å². The van der Waals surface area contributed by atoms with E-state index >= 15 is 0 Å². The topological polar surface area (TPSA) is 95.6 Å². The number of rotatable bonds is 2. The molecule has 4 nitrogen and oxygen atoms in total. The number of phenolic OH excluding ortho intramolecular Hbond substituents is 1. The quantitative estimate of drug-likeness (QED) is 0.692. The van der Waals surface area contributed by atoms with Crippen molar-refractivity contribution < 1.29 is 16.1 Å². The molecule has 0 bridgehead atoms. The standard InChI is InChI=1S/C10H13NO.2H2O/c1-8(2)11-7-9-3-5-10(12)6-4-9;;/h3-8,12H,1-2H3;2*1H2. The largest absolute Gasteiger partial charge is 0.508 e. The maximum absolute atomic E-state index is 8.99. The van der Waals surface area contributed by atoms with Crippen LogP contribution in [0.5, 0.6) is 5.75 Å². The Hall–Kier alpha value is -1.39. The van der Waals surface area contributed by atoms with Crippen molar-refractivity contribution >= 4 is 6.21 Å². The first kappa shape index (κ1) is 15.1. The van der Waals surface area contributed by atoms with Gasteiger partial charge in [0.1, 0.15) is 5.75 Å². The fourth-order valence-corrected chi connectivity index (χ4v) is 0.796. The van der Waals surface area contributed by atoms with E-state index in [9.17, 15) is 0 Å². The Morgan fingerprint density at radius 3 is 2.07 bits per heavy atom. The molecule has 5 N–H and O–H groups in total. The number of hydrogen-bond donors (Lipinski definition) is 1. The van der Waals surface area contributed by atoms with Crippen LogP contribution in [0, 0.1) is 0 Å². The first-order valence-corrected chi connectivity index (χ1v) is 4.00. The minimum Gasteiger partial charge on any atom is -0.508 e.